The highest BCUT2D eigenvalue weighted by molar-refractivity contribution is 7.86. The summed E-state index contributed by atoms with van der Waals surface area (Å²) in [5.74, 6) is -0.848. The third-order valence-corrected chi connectivity index (χ3v) is 6.77. The van der Waals surface area contributed by atoms with E-state index in [0.717, 1.165) is 25.7 Å². The van der Waals surface area contributed by atoms with E-state index >= 15 is 0 Å². The summed E-state index contributed by atoms with van der Waals surface area (Å²) in [4.78, 5) is 11.1. The highest BCUT2D eigenvalue weighted by atomic mass is 32.2. The van der Waals surface area contributed by atoms with Gasteiger partial charge in [0.2, 0.25) is 0 Å². The molecule has 2 fully saturated rings. The fraction of sp³-hybridized carbons (Fsp3) is 0.929. The van der Waals surface area contributed by atoms with Crippen molar-refractivity contribution < 1.29 is 18.3 Å². The maximum absolute atomic E-state index is 12.7. The number of carboxylic acid groups (broad SMARTS) is 1. The van der Waals surface area contributed by atoms with Gasteiger partial charge in [-0.05, 0) is 38.0 Å². The minimum Gasteiger partial charge on any atom is -0.481 e. The summed E-state index contributed by atoms with van der Waals surface area (Å²) in [7, 11) is -3.50. The molecule has 2 atom stereocenters. The third-order valence-electron chi connectivity index (χ3n) is 4.77. The zero-order valence-electron chi connectivity index (χ0n) is 12.7. The number of carboxylic acids is 1. The molecule has 2 saturated heterocycles. The van der Waals surface area contributed by atoms with Gasteiger partial charge in [-0.3, -0.25) is 4.79 Å². The summed E-state index contributed by atoms with van der Waals surface area (Å²) in [5, 5.41) is 9.11. The normalized spacial score (nSPS) is 30.0. The molecule has 2 unspecified atom stereocenters. The minimum absolute atomic E-state index is 0.116. The molecule has 2 rings (SSSR count). The van der Waals surface area contributed by atoms with Gasteiger partial charge in [0.15, 0.2) is 0 Å². The van der Waals surface area contributed by atoms with Crippen molar-refractivity contribution in [3.05, 3.63) is 0 Å². The number of carbonyl (C=O) groups is 1. The number of hydrogen-bond acceptors (Lipinski definition) is 3. The molecular weight excluding hydrogens is 292 g/mol. The van der Waals surface area contributed by atoms with Crippen LogP contribution in [-0.2, 0) is 15.0 Å². The number of rotatable bonds is 4. The molecule has 1 N–H and O–H groups in total. The van der Waals surface area contributed by atoms with Gasteiger partial charge in [-0.1, -0.05) is 13.3 Å². The lowest BCUT2D eigenvalue weighted by atomic mass is 9.98. The van der Waals surface area contributed by atoms with Gasteiger partial charge in [-0.25, -0.2) is 0 Å². The predicted octanol–water partition coefficient (Wildman–Crippen LogP) is 1.54. The minimum atomic E-state index is -3.50. The number of aliphatic carboxylic acids is 1. The van der Waals surface area contributed by atoms with E-state index in [2.05, 4.69) is 6.92 Å². The molecule has 0 bridgehead atoms. The van der Waals surface area contributed by atoms with Crippen molar-refractivity contribution in [2.75, 3.05) is 26.2 Å². The summed E-state index contributed by atoms with van der Waals surface area (Å²) < 4.78 is 28.4. The van der Waals surface area contributed by atoms with Gasteiger partial charge in [0.25, 0.3) is 10.2 Å². The van der Waals surface area contributed by atoms with Crippen molar-refractivity contribution in [1.29, 1.82) is 0 Å². The van der Waals surface area contributed by atoms with E-state index in [4.69, 9.17) is 5.11 Å². The number of nitrogens with zero attached hydrogens (tertiary/aromatic N) is 2. The molecule has 0 saturated carbocycles. The topological polar surface area (TPSA) is 77.9 Å². The van der Waals surface area contributed by atoms with E-state index in [1.165, 1.54) is 4.31 Å². The van der Waals surface area contributed by atoms with Gasteiger partial charge in [0, 0.05) is 26.2 Å². The van der Waals surface area contributed by atoms with Crippen LogP contribution in [0.25, 0.3) is 0 Å². The first-order valence-corrected chi connectivity index (χ1v) is 9.33. The largest absolute Gasteiger partial charge is 0.481 e. The van der Waals surface area contributed by atoms with E-state index in [9.17, 15) is 13.2 Å². The summed E-state index contributed by atoms with van der Waals surface area (Å²) >= 11 is 0. The lowest BCUT2D eigenvalue weighted by Crippen LogP contribution is -2.49. The van der Waals surface area contributed by atoms with Crippen molar-refractivity contribution in [2.45, 2.75) is 45.4 Å². The second-order valence-electron chi connectivity index (χ2n) is 6.15. The van der Waals surface area contributed by atoms with Crippen molar-refractivity contribution >= 4 is 16.2 Å². The third kappa shape index (κ3) is 3.96. The molecule has 2 heterocycles. The average Bonchev–Trinajstić information content (AvgIpc) is 2.73. The Bertz CT molecular complexity index is 466. The SMILES string of the molecule is CCC1CCCN(S(=O)(=O)N2CCCC(C(=O)O)C2)CC1. The van der Waals surface area contributed by atoms with Crippen LogP contribution < -0.4 is 0 Å². The van der Waals surface area contributed by atoms with E-state index in [1.54, 1.807) is 4.31 Å². The standard InChI is InChI=1S/C14H26N2O4S/c1-2-12-5-3-8-15(10-7-12)21(19,20)16-9-4-6-13(11-16)14(17)18/h12-13H,2-11H2,1H3,(H,17,18). The van der Waals surface area contributed by atoms with Gasteiger partial charge in [-0.15, -0.1) is 0 Å². The fourth-order valence-electron chi connectivity index (χ4n) is 3.29. The van der Waals surface area contributed by atoms with Gasteiger partial charge < -0.3 is 5.11 Å². The first kappa shape index (κ1) is 16.7. The molecular formula is C14H26N2O4S. The predicted molar refractivity (Wildman–Crippen MR) is 80.1 cm³/mol. The van der Waals surface area contributed by atoms with Crippen LogP contribution in [0.15, 0.2) is 0 Å². The Balaban J connectivity index is 2.04. The molecule has 122 valence electrons. The van der Waals surface area contributed by atoms with Gasteiger partial charge in [0.05, 0.1) is 5.92 Å². The quantitative estimate of drug-likeness (QED) is 0.853. The van der Waals surface area contributed by atoms with Crippen molar-refractivity contribution in [3.8, 4) is 0 Å². The van der Waals surface area contributed by atoms with Gasteiger partial charge in [-0.2, -0.15) is 17.0 Å². The fourth-order valence-corrected chi connectivity index (χ4v) is 5.05. The Morgan fingerprint density at radius 3 is 2.43 bits per heavy atom. The molecule has 21 heavy (non-hydrogen) atoms. The molecule has 2 aliphatic rings. The van der Waals surface area contributed by atoms with Crippen LogP contribution in [0.1, 0.15) is 45.4 Å². The summed E-state index contributed by atoms with van der Waals surface area (Å²) in [6.07, 6.45) is 5.18. The average molecular weight is 318 g/mol. The molecule has 2 aliphatic heterocycles. The molecule has 7 heteroatoms. The van der Waals surface area contributed by atoms with Crippen LogP contribution in [0.4, 0.5) is 0 Å². The molecule has 0 aromatic heterocycles. The molecule has 0 aromatic rings. The van der Waals surface area contributed by atoms with Crippen molar-refractivity contribution in [1.82, 2.24) is 8.61 Å². The second-order valence-corrected chi connectivity index (χ2v) is 8.08. The summed E-state index contributed by atoms with van der Waals surface area (Å²) in [6.45, 7) is 3.84. The molecule has 0 aliphatic carbocycles. The summed E-state index contributed by atoms with van der Waals surface area (Å²) in [6, 6.07) is 0. The zero-order valence-corrected chi connectivity index (χ0v) is 13.5. The first-order valence-electron chi connectivity index (χ1n) is 7.93. The van der Waals surface area contributed by atoms with Crippen LogP contribution in [0.2, 0.25) is 0 Å². The molecule has 0 aromatic carbocycles. The lowest BCUT2D eigenvalue weighted by Gasteiger charge is -2.33. The Kier molecular flexibility index (Phi) is 5.62. The van der Waals surface area contributed by atoms with Crippen LogP contribution in [0, 0.1) is 11.8 Å². The molecule has 0 radical (unpaired) electrons. The Labute approximate surface area is 127 Å². The van der Waals surface area contributed by atoms with E-state index < -0.39 is 22.1 Å². The lowest BCUT2D eigenvalue weighted by molar-refractivity contribution is -0.142. The number of piperidine rings is 1. The van der Waals surface area contributed by atoms with Crippen LogP contribution in [0.3, 0.4) is 0 Å². The Morgan fingerprint density at radius 1 is 1.10 bits per heavy atom. The van der Waals surface area contributed by atoms with E-state index in [0.29, 0.717) is 38.4 Å². The van der Waals surface area contributed by atoms with Crippen molar-refractivity contribution in [3.63, 3.8) is 0 Å². The second kappa shape index (κ2) is 7.07. The first-order chi connectivity index (χ1) is 9.95. The van der Waals surface area contributed by atoms with Crippen LogP contribution in [0.5, 0.6) is 0 Å². The van der Waals surface area contributed by atoms with Crippen LogP contribution >= 0.6 is 0 Å². The zero-order chi connectivity index (χ0) is 15.5. The Morgan fingerprint density at radius 2 is 1.76 bits per heavy atom. The highest BCUT2D eigenvalue weighted by Crippen LogP contribution is 2.26. The summed E-state index contributed by atoms with van der Waals surface area (Å²) in [5.41, 5.74) is 0. The van der Waals surface area contributed by atoms with Gasteiger partial charge >= 0.3 is 5.97 Å². The maximum Gasteiger partial charge on any atom is 0.307 e. The molecule has 0 spiro atoms. The smallest absolute Gasteiger partial charge is 0.307 e. The van der Waals surface area contributed by atoms with E-state index in [1.807, 2.05) is 0 Å². The molecule has 6 nitrogen and oxygen atoms in total. The number of hydrogen-bond donors (Lipinski definition) is 1. The van der Waals surface area contributed by atoms with E-state index in [-0.39, 0.29) is 6.54 Å². The maximum atomic E-state index is 12.7. The highest BCUT2D eigenvalue weighted by Gasteiger charge is 2.36. The Hall–Kier alpha value is -0.660. The monoisotopic (exact) mass is 318 g/mol. The van der Waals surface area contributed by atoms with Crippen LogP contribution in [-0.4, -0.2) is 54.3 Å². The van der Waals surface area contributed by atoms with Crippen molar-refractivity contribution in [2.24, 2.45) is 11.8 Å². The van der Waals surface area contributed by atoms with Gasteiger partial charge in [0.1, 0.15) is 0 Å². The molecule has 0 amide bonds.